The molecule has 1 unspecified atom stereocenters. The highest BCUT2D eigenvalue weighted by Crippen LogP contribution is 2.29. The van der Waals surface area contributed by atoms with E-state index in [2.05, 4.69) is 17.0 Å². The van der Waals surface area contributed by atoms with Crippen molar-refractivity contribution in [2.45, 2.75) is 25.8 Å². The number of piperidine rings is 3. The van der Waals surface area contributed by atoms with Crippen molar-refractivity contribution >= 4 is 5.71 Å². The molecule has 0 aromatic heterocycles. The van der Waals surface area contributed by atoms with Crippen LogP contribution in [0.5, 0.6) is 0 Å². The van der Waals surface area contributed by atoms with Crippen LogP contribution in [0, 0.1) is 5.92 Å². The van der Waals surface area contributed by atoms with Crippen LogP contribution in [0.3, 0.4) is 0 Å². The predicted molar refractivity (Wildman–Crippen MR) is 43.0 cm³/mol. The van der Waals surface area contributed by atoms with Gasteiger partial charge in [-0.3, -0.25) is 4.90 Å². The summed E-state index contributed by atoms with van der Waals surface area (Å²) in [6.07, 6.45) is 2.37. The largest absolute Gasteiger partial charge is 0.411 e. The average Bonchev–Trinajstić information content (AvgIpc) is 2.06. The molecule has 1 atom stereocenters. The molecule has 3 heteroatoms. The zero-order valence-corrected chi connectivity index (χ0v) is 6.82. The van der Waals surface area contributed by atoms with E-state index in [0.29, 0.717) is 12.0 Å². The molecule has 1 N–H and O–H groups in total. The lowest BCUT2D eigenvalue weighted by Crippen LogP contribution is -2.53. The summed E-state index contributed by atoms with van der Waals surface area (Å²) in [7, 11) is 0. The first-order valence-electron chi connectivity index (χ1n) is 4.29. The van der Waals surface area contributed by atoms with Crippen LogP contribution in [0.1, 0.15) is 19.8 Å². The maximum Gasteiger partial charge on any atom is 0.0770 e. The molecule has 3 rings (SSSR count). The molecule has 11 heavy (non-hydrogen) atoms. The molecule has 0 aromatic carbocycles. The summed E-state index contributed by atoms with van der Waals surface area (Å²) in [6.45, 7) is 4.50. The third-order valence-electron chi connectivity index (χ3n) is 3.04. The van der Waals surface area contributed by atoms with Crippen molar-refractivity contribution in [2.75, 3.05) is 13.1 Å². The quantitative estimate of drug-likeness (QED) is 0.416. The Labute approximate surface area is 66.7 Å². The Kier molecular flexibility index (Phi) is 1.60. The van der Waals surface area contributed by atoms with Crippen molar-refractivity contribution < 1.29 is 5.21 Å². The van der Waals surface area contributed by atoms with Crippen molar-refractivity contribution in [2.24, 2.45) is 11.1 Å². The molecule has 0 saturated carbocycles. The van der Waals surface area contributed by atoms with Crippen LogP contribution in [-0.4, -0.2) is 35.0 Å². The molecule has 3 aliphatic rings. The Hall–Kier alpha value is -0.570. The molecule has 3 saturated heterocycles. The van der Waals surface area contributed by atoms with Gasteiger partial charge in [-0.05, 0) is 32.9 Å². The number of fused-ring (bicyclic) bond motifs is 3. The van der Waals surface area contributed by atoms with E-state index >= 15 is 0 Å². The fourth-order valence-corrected chi connectivity index (χ4v) is 2.28. The van der Waals surface area contributed by atoms with Crippen LogP contribution in [0.2, 0.25) is 0 Å². The van der Waals surface area contributed by atoms with E-state index in [0.717, 1.165) is 5.71 Å². The Bertz CT molecular complexity index is 179. The normalized spacial score (nSPS) is 46.6. The number of rotatable bonds is 0. The number of oxime groups is 1. The maximum atomic E-state index is 8.74. The molecule has 3 aliphatic heterocycles. The molecule has 0 amide bonds. The fraction of sp³-hybridized carbons (Fsp3) is 0.875. The SMILES string of the molecule is CC1/C(=N\O)C2CCN1CC2. The molecule has 2 bridgehead atoms. The first-order valence-corrected chi connectivity index (χ1v) is 4.29. The van der Waals surface area contributed by atoms with Gasteiger partial charge >= 0.3 is 0 Å². The smallest absolute Gasteiger partial charge is 0.0770 e. The first kappa shape index (κ1) is 7.10. The van der Waals surface area contributed by atoms with Gasteiger partial charge in [0.2, 0.25) is 0 Å². The first-order chi connectivity index (χ1) is 5.33. The minimum atomic E-state index is 0.382. The zero-order chi connectivity index (χ0) is 7.84. The highest BCUT2D eigenvalue weighted by molar-refractivity contribution is 5.92. The monoisotopic (exact) mass is 154 g/mol. The number of hydrogen-bond donors (Lipinski definition) is 1. The van der Waals surface area contributed by atoms with E-state index in [-0.39, 0.29) is 0 Å². The van der Waals surface area contributed by atoms with E-state index in [1.807, 2.05) is 0 Å². The van der Waals surface area contributed by atoms with Gasteiger partial charge in [0.15, 0.2) is 0 Å². The van der Waals surface area contributed by atoms with E-state index in [4.69, 9.17) is 5.21 Å². The highest BCUT2D eigenvalue weighted by Gasteiger charge is 2.36. The summed E-state index contributed by atoms with van der Waals surface area (Å²) in [5.74, 6) is 0.569. The Morgan fingerprint density at radius 2 is 2.09 bits per heavy atom. The Morgan fingerprint density at radius 3 is 2.45 bits per heavy atom. The summed E-state index contributed by atoms with van der Waals surface area (Å²) < 4.78 is 0. The Balaban J connectivity index is 2.23. The number of nitrogens with zero attached hydrogens (tertiary/aromatic N) is 2. The molecule has 62 valence electrons. The van der Waals surface area contributed by atoms with Crippen LogP contribution < -0.4 is 0 Å². The predicted octanol–water partition coefficient (Wildman–Crippen LogP) is 0.931. The lowest BCUT2D eigenvalue weighted by molar-refractivity contribution is 0.147. The molecule has 0 aliphatic carbocycles. The standard InChI is InChI=1S/C8H14N2O/c1-6-8(9-11)7-2-4-10(6)5-3-7/h6-7,11H,2-5H2,1H3/b9-8+. The average molecular weight is 154 g/mol. The highest BCUT2D eigenvalue weighted by atomic mass is 16.4. The third-order valence-corrected chi connectivity index (χ3v) is 3.04. The second-order valence-corrected chi connectivity index (χ2v) is 3.51. The summed E-state index contributed by atoms with van der Waals surface area (Å²) in [5, 5.41) is 12.1. The van der Waals surface area contributed by atoms with Crippen LogP contribution >= 0.6 is 0 Å². The van der Waals surface area contributed by atoms with Crippen molar-refractivity contribution in [3.8, 4) is 0 Å². The van der Waals surface area contributed by atoms with Gasteiger partial charge in [-0.2, -0.15) is 0 Å². The number of hydrogen-bond acceptors (Lipinski definition) is 3. The van der Waals surface area contributed by atoms with Gasteiger partial charge in [-0.15, -0.1) is 0 Å². The van der Waals surface area contributed by atoms with Crippen molar-refractivity contribution in [1.82, 2.24) is 4.90 Å². The molecular formula is C8H14N2O. The van der Waals surface area contributed by atoms with Crippen LogP contribution in [-0.2, 0) is 0 Å². The van der Waals surface area contributed by atoms with Crippen LogP contribution in [0.25, 0.3) is 0 Å². The van der Waals surface area contributed by atoms with Gasteiger partial charge < -0.3 is 5.21 Å². The summed E-state index contributed by atoms with van der Waals surface area (Å²) in [6, 6.07) is 0.382. The van der Waals surface area contributed by atoms with Crippen molar-refractivity contribution in [3.05, 3.63) is 0 Å². The summed E-state index contributed by atoms with van der Waals surface area (Å²) in [5.41, 5.74) is 1.00. The molecule has 0 radical (unpaired) electrons. The zero-order valence-electron chi connectivity index (χ0n) is 6.82. The van der Waals surface area contributed by atoms with E-state index < -0.39 is 0 Å². The van der Waals surface area contributed by atoms with Gasteiger partial charge in [0, 0.05) is 12.0 Å². The lowest BCUT2D eigenvalue weighted by Gasteiger charge is -2.44. The minimum absolute atomic E-state index is 0.382. The molecule has 3 heterocycles. The van der Waals surface area contributed by atoms with Crippen molar-refractivity contribution in [1.29, 1.82) is 0 Å². The third kappa shape index (κ3) is 0.948. The molecule has 0 aromatic rings. The van der Waals surface area contributed by atoms with Gasteiger partial charge in [0.1, 0.15) is 0 Å². The van der Waals surface area contributed by atoms with Gasteiger partial charge in [0.05, 0.1) is 5.71 Å². The molecular weight excluding hydrogens is 140 g/mol. The molecule has 3 fully saturated rings. The molecule has 0 spiro atoms. The van der Waals surface area contributed by atoms with E-state index in [1.54, 1.807) is 0 Å². The minimum Gasteiger partial charge on any atom is -0.411 e. The van der Waals surface area contributed by atoms with Gasteiger partial charge in [-0.25, -0.2) is 0 Å². The Morgan fingerprint density at radius 1 is 1.45 bits per heavy atom. The summed E-state index contributed by atoms with van der Waals surface area (Å²) in [4.78, 5) is 2.38. The van der Waals surface area contributed by atoms with Crippen LogP contribution in [0.4, 0.5) is 0 Å². The molecule has 3 nitrogen and oxygen atoms in total. The fourth-order valence-electron chi connectivity index (χ4n) is 2.28. The second-order valence-electron chi connectivity index (χ2n) is 3.51. The van der Waals surface area contributed by atoms with E-state index in [1.165, 1.54) is 25.9 Å². The van der Waals surface area contributed by atoms with Crippen molar-refractivity contribution in [3.63, 3.8) is 0 Å². The second kappa shape index (κ2) is 2.48. The topological polar surface area (TPSA) is 35.8 Å². The lowest BCUT2D eigenvalue weighted by atomic mass is 9.82. The van der Waals surface area contributed by atoms with E-state index in [9.17, 15) is 0 Å². The van der Waals surface area contributed by atoms with Gasteiger partial charge in [-0.1, -0.05) is 5.16 Å². The summed E-state index contributed by atoms with van der Waals surface area (Å²) >= 11 is 0. The maximum absolute atomic E-state index is 8.74. The van der Waals surface area contributed by atoms with Gasteiger partial charge in [0.25, 0.3) is 0 Å². The van der Waals surface area contributed by atoms with Crippen LogP contribution in [0.15, 0.2) is 5.16 Å².